The van der Waals surface area contributed by atoms with Crippen molar-refractivity contribution < 1.29 is 32.2 Å². The van der Waals surface area contributed by atoms with Crippen LogP contribution in [-0.4, -0.2) is 69.5 Å². The summed E-state index contributed by atoms with van der Waals surface area (Å²) in [5.41, 5.74) is 1.26. The minimum absolute atomic E-state index is 0.183. The van der Waals surface area contributed by atoms with Gasteiger partial charge in [0, 0.05) is 38.4 Å². The number of hydrogen-bond acceptors (Lipinski definition) is 6. The maximum atomic E-state index is 12.2. The highest BCUT2D eigenvalue weighted by atomic mass is 19.4. The molecule has 1 aliphatic rings. The van der Waals surface area contributed by atoms with E-state index in [0.717, 1.165) is 56.3 Å². The number of amides is 2. The number of benzene rings is 2. The van der Waals surface area contributed by atoms with Crippen LogP contribution in [0.3, 0.4) is 0 Å². The molecule has 2 aromatic carbocycles. The third-order valence-electron chi connectivity index (χ3n) is 5.29. The Kier molecular flexibility index (Phi) is 8.58. The molecule has 3 rings (SSSR count). The fourth-order valence-corrected chi connectivity index (χ4v) is 3.62. The molecular formula is C23H27F3N4O4. The lowest BCUT2D eigenvalue weighted by molar-refractivity contribution is -0.274. The Balaban J connectivity index is 1.33. The van der Waals surface area contributed by atoms with E-state index < -0.39 is 23.9 Å². The first-order valence-corrected chi connectivity index (χ1v) is 10.8. The van der Waals surface area contributed by atoms with E-state index in [-0.39, 0.29) is 5.69 Å². The minimum atomic E-state index is -4.80. The SMILES string of the molecule is COc1ccccc1N1CCN(CCCNC(=O)C(=O)Nc2ccc(OC(F)(F)F)cc2)CC1. The van der Waals surface area contributed by atoms with E-state index in [2.05, 4.69) is 25.2 Å². The van der Waals surface area contributed by atoms with Crippen LogP contribution >= 0.6 is 0 Å². The van der Waals surface area contributed by atoms with Crippen LogP contribution in [0.15, 0.2) is 48.5 Å². The number of methoxy groups -OCH3 is 1. The van der Waals surface area contributed by atoms with E-state index in [0.29, 0.717) is 13.0 Å². The molecule has 1 saturated heterocycles. The lowest BCUT2D eigenvalue weighted by Crippen LogP contribution is -2.47. The number of anilines is 2. The Morgan fingerprint density at radius 1 is 0.971 bits per heavy atom. The highest BCUT2D eigenvalue weighted by Gasteiger charge is 2.31. The van der Waals surface area contributed by atoms with Crippen LogP contribution in [0.25, 0.3) is 0 Å². The van der Waals surface area contributed by atoms with Gasteiger partial charge < -0.3 is 25.0 Å². The normalized spacial score (nSPS) is 14.4. The zero-order valence-corrected chi connectivity index (χ0v) is 18.7. The number of alkyl halides is 3. The number of nitrogens with one attached hydrogen (secondary N) is 2. The fourth-order valence-electron chi connectivity index (χ4n) is 3.62. The molecule has 0 radical (unpaired) electrons. The lowest BCUT2D eigenvalue weighted by Gasteiger charge is -2.36. The maximum absolute atomic E-state index is 12.2. The summed E-state index contributed by atoms with van der Waals surface area (Å²) >= 11 is 0. The minimum Gasteiger partial charge on any atom is -0.495 e. The predicted molar refractivity (Wildman–Crippen MR) is 121 cm³/mol. The molecule has 1 heterocycles. The van der Waals surface area contributed by atoms with Gasteiger partial charge in [0.1, 0.15) is 11.5 Å². The first kappa shape index (κ1) is 25.2. The molecule has 0 saturated carbocycles. The number of ether oxygens (including phenoxy) is 2. The molecule has 8 nitrogen and oxygen atoms in total. The van der Waals surface area contributed by atoms with Gasteiger partial charge in [0.2, 0.25) is 0 Å². The van der Waals surface area contributed by atoms with Gasteiger partial charge in [-0.3, -0.25) is 14.5 Å². The van der Waals surface area contributed by atoms with Crippen molar-refractivity contribution >= 4 is 23.2 Å². The summed E-state index contributed by atoms with van der Waals surface area (Å²) in [7, 11) is 1.66. The molecule has 2 N–H and O–H groups in total. The van der Waals surface area contributed by atoms with Gasteiger partial charge in [-0.15, -0.1) is 13.2 Å². The first-order chi connectivity index (χ1) is 16.2. The molecule has 0 aromatic heterocycles. The van der Waals surface area contributed by atoms with Crippen LogP contribution in [0.5, 0.6) is 11.5 Å². The van der Waals surface area contributed by atoms with Gasteiger partial charge in [0.05, 0.1) is 12.8 Å². The number of carbonyl (C=O) groups is 2. The van der Waals surface area contributed by atoms with Crippen molar-refractivity contribution in [3.63, 3.8) is 0 Å². The summed E-state index contributed by atoms with van der Waals surface area (Å²) in [5, 5.41) is 4.89. The summed E-state index contributed by atoms with van der Waals surface area (Å²) in [6.45, 7) is 4.59. The molecule has 1 aliphatic heterocycles. The second-order valence-electron chi connectivity index (χ2n) is 7.64. The van der Waals surface area contributed by atoms with Crippen LogP contribution in [-0.2, 0) is 9.59 Å². The van der Waals surface area contributed by atoms with Gasteiger partial charge in [0.15, 0.2) is 0 Å². The second-order valence-corrected chi connectivity index (χ2v) is 7.64. The molecule has 2 aromatic rings. The average Bonchev–Trinajstić information content (AvgIpc) is 2.82. The smallest absolute Gasteiger partial charge is 0.495 e. The topological polar surface area (TPSA) is 83.1 Å². The van der Waals surface area contributed by atoms with Crippen molar-refractivity contribution in [3.8, 4) is 11.5 Å². The molecule has 1 fully saturated rings. The van der Waals surface area contributed by atoms with Gasteiger partial charge in [-0.1, -0.05) is 12.1 Å². The van der Waals surface area contributed by atoms with Crippen LogP contribution in [0.4, 0.5) is 24.5 Å². The zero-order chi connectivity index (χ0) is 24.6. The molecule has 0 aliphatic carbocycles. The highest BCUT2D eigenvalue weighted by molar-refractivity contribution is 6.39. The molecule has 0 atom stereocenters. The van der Waals surface area contributed by atoms with Gasteiger partial charge >= 0.3 is 18.2 Å². The highest BCUT2D eigenvalue weighted by Crippen LogP contribution is 2.28. The molecule has 184 valence electrons. The number of para-hydroxylation sites is 2. The van der Waals surface area contributed by atoms with E-state index >= 15 is 0 Å². The summed E-state index contributed by atoms with van der Waals surface area (Å²) < 4.78 is 45.7. The van der Waals surface area contributed by atoms with Crippen molar-refractivity contribution in [2.24, 2.45) is 0 Å². The van der Waals surface area contributed by atoms with E-state index in [1.807, 2.05) is 24.3 Å². The van der Waals surface area contributed by atoms with Crippen molar-refractivity contribution in [2.45, 2.75) is 12.8 Å². The second kappa shape index (κ2) is 11.6. The summed E-state index contributed by atoms with van der Waals surface area (Å²) in [5.74, 6) is -1.27. The standard InChI is InChI=1S/C23H27F3N4O4/c1-33-20-6-3-2-5-19(20)30-15-13-29(14-16-30)12-4-11-27-21(31)22(32)28-17-7-9-18(10-8-17)34-23(24,25)26/h2-3,5-10H,4,11-16H2,1H3,(H,27,31)(H,28,32). The number of rotatable bonds is 8. The van der Waals surface area contributed by atoms with E-state index in [9.17, 15) is 22.8 Å². The summed E-state index contributed by atoms with van der Waals surface area (Å²) in [6, 6.07) is 12.5. The number of carbonyl (C=O) groups excluding carboxylic acids is 2. The van der Waals surface area contributed by atoms with Crippen LogP contribution in [0, 0.1) is 0 Å². The molecule has 0 unspecified atom stereocenters. The van der Waals surface area contributed by atoms with Crippen molar-refractivity contribution in [2.75, 3.05) is 56.6 Å². The predicted octanol–water partition coefficient (Wildman–Crippen LogP) is 2.86. The molecule has 2 amide bonds. The number of nitrogens with zero attached hydrogens (tertiary/aromatic N) is 2. The molecule has 11 heteroatoms. The number of piperazine rings is 1. The monoisotopic (exact) mass is 480 g/mol. The van der Waals surface area contributed by atoms with Gasteiger partial charge in [-0.05, 0) is 49.4 Å². The Morgan fingerprint density at radius 2 is 1.65 bits per heavy atom. The van der Waals surface area contributed by atoms with Crippen molar-refractivity contribution in [1.82, 2.24) is 10.2 Å². The Labute approximate surface area is 195 Å². The van der Waals surface area contributed by atoms with Crippen LogP contribution < -0.4 is 25.0 Å². The molecule has 0 bridgehead atoms. The third kappa shape index (κ3) is 7.55. The molecular weight excluding hydrogens is 453 g/mol. The zero-order valence-electron chi connectivity index (χ0n) is 18.7. The quantitative estimate of drug-likeness (QED) is 0.447. The van der Waals surface area contributed by atoms with E-state index in [1.54, 1.807) is 7.11 Å². The van der Waals surface area contributed by atoms with Crippen molar-refractivity contribution in [3.05, 3.63) is 48.5 Å². The van der Waals surface area contributed by atoms with E-state index in [1.165, 1.54) is 12.1 Å². The molecule has 0 spiro atoms. The fraction of sp³-hybridized carbons (Fsp3) is 0.391. The Morgan fingerprint density at radius 3 is 2.29 bits per heavy atom. The van der Waals surface area contributed by atoms with Gasteiger partial charge in [-0.25, -0.2) is 0 Å². The van der Waals surface area contributed by atoms with Gasteiger partial charge in [0.25, 0.3) is 0 Å². The number of halogens is 3. The van der Waals surface area contributed by atoms with Crippen molar-refractivity contribution in [1.29, 1.82) is 0 Å². The van der Waals surface area contributed by atoms with E-state index in [4.69, 9.17) is 4.74 Å². The first-order valence-electron chi connectivity index (χ1n) is 10.8. The maximum Gasteiger partial charge on any atom is 0.573 e. The van der Waals surface area contributed by atoms with Gasteiger partial charge in [-0.2, -0.15) is 0 Å². The van der Waals surface area contributed by atoms with Crippen LogP contribution in [0.1, 0.15) is 6.42 Å². The number of hydrogen-bond donors (Lipinski definition) is 2. The summed E-state index contributed by atoms with van der Waals surface area (Å²) in [6.07, 6.45) is -4.12. The largest absolute Gasteiger partial charge is 0.573 e. The third-order valence-corrected chi connectivity index (χ3v) is 5.29. The Bertz CT molecular complexity index is 961. The van der Waals surface area contributed by atoms with Crippen LogP contribution in [0.2, 0.25) is 0 Å². The Hall–Kier alpha value is -3.47. The summed E-state index contributed by atoms with van der Waals surface area (Å²) in [4.78, 5) is 28.5. The average molecular weight is 480 g/mol. The molecule has 34 heavy (non-hydrogen) atoms. The lowest BCUT2D eigenvalue weighted by atomic mass is 10.2.